The van der Waals surface area contributed by atoms with Crippen LogP contribution in [0.3, 0.4) is 0 Å². The Kier molecular flexibility index (Phi) is 3.90. The molecule has 2 N–H and O–H groups in total. The summed E-state index contributed by atoms with van der Waals surface area (Å²) >= 11 is 1.65. The van der Waals surface area contributed by atoms with Gasteiger partial charge in [-0.3, -0.25) is 9.38 Å². The Bertz CT molecular complexity index is 716. The molecule has 6 heteroatoms. The van der Waals surface area contributed by atoms with Crippen molar-refractivity contribution in [3.05, 3.63) is 47.4 Å². The van der Waals surface area contributed by atoms with Gasteiger partial charge in [-0.1, -0.05) is 6.07 Å². The number of imidazole rings is 1. The highest BCUT2D eigenvalue weighted by molar-refractivity contribution is 7.15. The Hall–Kier alpha value is -1.92. The van der Waals surface area contributed by atoms with E-state index in [1.54, 1.807) is 17.5 Å². The molecule has 0 aliphatic heterocycles. The number of fused-ring (bicyclic) bond motifs is 1. The Morgan fingerprint density at radius 1 is 1.48 bits per heavy atom. The molecule has 0 radical (unpaired) electrons. The van der Waals surface area contributed by atoms with Gasteiger partial charge in [-0.05, 0) is 18.6 Å². The van der Waals surface area contributed by atoms with Crippen molar-refractivity contribution in [1.82, 2.24) is 14.4 Å². The average molecular weight is 301 g/mol. The van der Waals surface area contributed by atoms with Crippen LogP contribution in [0.1, 0.15) is 18.2 Å². The number of nitrogens with zero attached hydrogens (tertiary/aromatic N) is 4. The molecule has 3 aromatic rings. The number of hydrogen-bond donors (Lipinski definition) is 1. The lowest BCUT2D eigenvalue weighted by Gasteiger charge is -2.19. The maximum atomic E-state index is 6.00. The fourth-order valence-electron chi connectivity index (χ4n) is 2.46. The number of anilines is 1. The first kappa shape index (κ1) is 14.0. The predicted octanol–water partition coefficient (Wildman–Crippen LogP) is 2.32. The minimum atomic E-state index is 0.107. The van der Waals surface area contributed by atoms with E-state index in [1.807, 2.05) is 19.2 Å². The molecule has 0 aliphatic rings. The summed E-state index contributed by atoms with van der Waals surface area (Å²) in [6, 6.07) is 4.14. The number of pyridine rings is 1. The highest BCUT2D eigenvalue weighted by atomic mass is 32.1. The summed E-state index contributed by atoms with van der Waals surface area (Å²) in [6.07, 6.45) is 6.55. The predicted molar refractivity (Wildman–Crippen MR) is 86.8 cm³/mol. The Morgan fingerprint density at radius 2 is 2.33 bits per heavy atom. The van der Waals surface area contributed by atoms with E-state index < -0.39 is 0 Å². The molecule has 3 rings (SSSR count). The number of aromatic nitrogens is 3. The summed E-state index contributed by atoms with van der Waals surface area (Å²) in [5, 5.41) is 2.05. The third kappa shape index (κ3) is 2.91. The molecule has 0 saturated carbocycles. The maximum absolute atomic E-state index is 6.00. The lowest BCUT2D eigenvalue weighted by Crippen LogP contribution is -2.23. The zero-order valence-electron chi connectivity index (χ0n) is 12.2. The van der Waals surface area contributed by atoms with E-state index >= 15 is 0 Å². The molecule has 0 aliphatic carbocycles. The van der Waals surface area contributed by atoms with Crippen LogP contribution < -0.4 is 10.6 Å². The summed E-state index contributed by atoms with van der Waals surface area (Å²) in [5.41, 5.74) is 8.34. The van der Waals surface area contributed by atoms with Gasteiger partial charge in [0.05, 0.1) is 5.69 Å². The zero-order chi connectivity index (χ0) is 14.8. The van der Waals surface area contributed by atoms with Gasteiger partial charge in [0.15, 0.2) is 10.8 Å². The fraction of sp³-hybridized carbons (Fsp3) is 0.333. The van der Waals surface area contributed by atoms with E-state index in [2.05, 4.69) is 39.0 Å². The van der Waals surface area contributed by atoms with Crippen LogP contribution in [-0.4, -0.2) is 27.5 Å². The van der Waals surface area contributed by atoms with Crippen molar-refractivity contribution in [2.75, 3.05) is 11.9 Å². The average Bonchev–Trinajstić information content (AvgIpc) is 3.02. The molecule has 3 aromatic heterocycles. The smallest absolute Gasteiger partial charge is 0.195 e. The largest absolute Gasteiger partial charge is 0.354 e. The molecule has 0 amide bonds. The highest BCUT2D eigenvalue weighted by Gasteiger charge is 2.17. The van der Waals surface area contributed by atoms with Gasteiger partial charge in [0, 0.05) is 50.0 Å². The fourth-order valence-corrected chi connectivity index (χ4v) is 3.19. The van der Waals surface area contributed by atoms with Crippen molar-refractivity contribution in [2.24, 2.45) is 5.73 Å². The van der Waals surface area contributed by atoms with Crippen LogP contribution in [0.5, 0.6) is 0 Å². The van der Waals surface area contributed by atoms with Gasteiger partial charge >= 0.3 is 0 Å². The molecule has 110 valence electrons. The number of nitrogens with two attached hydrogens (primary N) is 1. The van der Waals surface area contributed by atoms with Crippen molar-refractivity contribution < 1.29 is 0 Å². The zero-order valence-corrected chi connectivity index (χ0v) is 13.0. The van der Waals surface area contributed by atoms with Crippen molar-refractivity contribution in [3.63, 3.8) is 0 Å². The van der Waals surface area contributed by atoms with E-state index in [4.69, 9.17) is 10.7 Å². The van der Waals surface area contributed by atoms with Crippen LogP contribution in [0, 0.1) is 0 Å². The molecule has 1 atom stereocenters. The van der Waals surface area contributed by atoms with Gasteiger partial charge in [-0.15, -0.1) is 11.3 Å². The molecule has 0 saturated heterocycles. The quantitative estimate of drug-likeness (QED) is 0.785. The molecule has 5 nitrogen and oxygen atoms in total. The molecule has 21 heavy (non-hydrogen) atoms. The van der Waals surface area contributed by atoms with Crippen molar-refractivity contribution >= 4 is 22.1 Å². The Labute approximate surface area is 128 Å². The summed E-state index contributed by atoms with van der Waals surface area (Å²) in [5.74, 6) is 1.00. The van der Waals surface area contributed by atoms with Crippen LogP contribution in [0.25, 0.3) is 4.96 Å². The van der Waals surface area contributed by atoms with Gasteiger partial charge in [-0.2, -0.15) is 0 Å². The van der Waals surface area contributed by atoms with Crippen LogP contribution in [0.2, 0.25) is 0 Å². The molecule has 0 bridgehead atoms. The number of hydrogen-bond acceptors (Lipinski definition) is 5. The molecule has 1 unspecified atom stereocenters. The normalized spacial score (nSPS) is 12.7. The second kappa shape index (κ2) is 5.83. The monoisotopic (exact) mass is 301 g/mol. The third-order valence-electron chi connectivity index (χ3n) is 3.36. The van der Waals surface area contributed by atoms with Crippen LogP contribution in [0.4, 0.5) is 5.82 Å². The summed E-state index contributed by atoms with van der Waals surface area (Å²) in [7, 11) is 2.06. The topological polar surface area (TPSA) is 59.5 Å². The molecular weight excluding hydrogens is 282 g/mol. The third-order valence-corrected chi connectivity index (χ3v) is 4.12. The summed E-state index contributed by atoms with van der Waals surface area (Å²) in [4.78, 5) is 12.1. The lowest BCUT2D eigenvalue weighted by atomic mass is 10.2. The minimum absolute atomic E-state index is 0.107. The Balaban J connectivity index is 1.93. The number of thiazole rings is 1. The highest BCUT2D eigenvalue weighted by Crippen LogP contribution is 2.26. The van der Waals surface area contributed by atoms with Crippen molar-refractivity contribution in [1.29, 1.82) is 0 Å². The van der Waals surface area contributed by atoms with Crippen LogP contribution in [-0.2, 0) is 13.0 Å². The summed E-state index contributed by atoms with van der Waals surface area (Å²) in [6.45, 7) is 2.81. The van der Waals surface area contributed by atoms with Gasteiger partial charge in [-0.25, -0.2) is 4.98 Å². The van der Waals surface area contributed by atoms with Crippen LogP contribution >= 0.6 is 11.3 Å². The van der Waals surface area contributed by atoms with Crippen LogP contribution in [0.15, 0.2) is 36.1 Å². The SMILES string of the molecule is CC(N)Cc1c(N(C)Cc2cccnc2)nc2sccn12. The van der Waals surface area contributed by atoms with Gasteiger partial charge < -0.3 is 10.6 Å². The number of rotatable bonds is 5. The van der Waals surface area contributed by atoms with Gasteiger partial charge in [0.2, 0.25) is 0 Å². The van der Waals surface area contributed by atoms with E-state index in [0.29, 0.717) is 0 Å². The Morgan fingerprint density at radius 3 is 3.05 bits per heavy atom. The van der Waals surface area contributed by atoms with Crippen molar-refractivity contribution in [2.45, 2.75) is 25.9 Å². The molecule has 0 fully saturated rings. The van der Waals surface area contributed by atoms with E-state index in [1.165, 1.54) is 11.3 Å². The first-order chi connectivity index (χ1) is 10.1. The minimum Gasteiger partial charge on any atom is -0.354 e. The first-order valence-corrected chi connectivity index (χ1v) is 7.83. The molecule has 0 spiro atoms. The summed E-state index contributed by atoms with van der Waals surface area (Å²) < 4.78 is 2.14. The first-order valence-electron chi connectivity index (χ1n) is 6.95. The standard InChI is InChI=1S/C15H19N5S/c1-11(16)8-13-14(18-15-20(13)6-7-21-15)19(2)10-12-4-3-5-17-9-12/h3-7,9,11H,8,10,16H2,1-2H3. The van der Waals surface area contributed by atoms with E-state index in [9.17, 15) is 0 Å². The maximum Gasteiger partial charge on any atom is 0.195 e. The van der Waals surface area contributed by atoms with Gasteiger partial charge in [0.25, 0.3) is 0 Å². The van der Waals surface area contributed by atoms with E-state index in [-0.39, 0.29) is 6.04 Å². The molecule has 0 aromatic carbocycles. The van der Waals surface area contributed by atoms with E-state index in [0.717, 1.165) is 23.7 Å². The second-order valence-corrected chi connectivity index (χ2v) is 6.21. The second-order valence-electron chi connectivity index (χ2n) is 5.34. The van der Waals surface area contributed by atoms with Crippen molar-refractivity contribution in [3.8, 4) is 0 Å². The lowest BCUT2D eigenvalue weighted by molar-refractivity contribution is 0.713. The van der Waals surface area contributed by atoms with Gasteiger partial charge in [0.1, 0.15) is 0 Å². The molecule has 3 heterocycles. The molecular formula is C15H19N5S.